The summed E-state index contributed by atoms with van der Waals surface area (Å²) in [6.07, 6.45) is 4.09. The maximum Gasteiger partial charge on any atom is 0.255 e. The number of pyridine rings is 1. The van der Waals surface area contributed by atoms with E-state index in [0.717, 1.165) is 19.6 Å². The van der Waals surface area contributed by atoms with Crippen LogP contribution in [0.3, 0.4) is 0 Å². The third-order valence-corrected chi connectivity index (χ3v) is 3.84. The molecule has 0 aliphatic carbocycles. The third-order valence-electron chi connectivity index (χ3n) is 3.84. The Morgan fingerprint density at radius 1 is 1.23 bits per heavy atom. The first-order valence-electron chi connectivity index (χ1n) is 7.55. The van der Waals surface area contributed by atoms with E-state index < -0.39 is 0 Å². The molecule has 5 heteroatoms. The summed E-state index contributed by atoms with van der Waals surface area (Å²) in [5.41, 5.74) is 8.01. The first kappa shape index (κ1) is 14.5. The second-order valence-corrected chi connectivity index (χ2v) is 5.61. The molecule has 2 heterocycles. The standard InChI is InChI=1S/C17H20N4O/c18-16-7-6-15(11-19-16)20-17(22)14-5-3-4-13(10-14)12-21-8-1-2-9-21/h3-7,10-11H,1-2,8-9,12H2,(H2,18,19)(H,20,22). The summed E-state index contributed by atoms with van der Waals surface area (Å²) in [6, 6.07) is 11.2. The topological polar surface area (TPSA) is 71.2 Å². The smallest absolute Gasteiger partial charge is 0.255 e. The molecule has 0 atom stereocenters. The van der Waals surface area contributed by atoms with Gasteiger partial charge >= 0.3 is 0 Å². The van der Waals surface area contributed by atoms with E-state index in [9.17, 15) is 4.79 Å². The van der Waals surface area contributed by atoms with E-state index >= 15 is 0 Å². The average molecular weight is 296 g/mol. The van der Waals surface area contributed by atoms with Crippen LogP contribution in [0.1, 0.15) is 28.8 Å². The molecule has 1 aliphatic heterocycles. The number of amides is 1. The zero-order chi connectivity index (χ0) is 15.4. The van der Waals surface area contributed by atoms with Gasteiger partial charge in [0.2, 0.25) is 0 Å². The highest BCUT2D eigenvalue weighted by Crippen LogP contribution is 2.15. The number of nitrogens with zero attached hydrogens (tertiary/aromatic N) is 2. The van der Waals surface area contributed by atoms with Gasteiger partial charge in [0.05, 0.1) is 11.9 Å². The van der Waals surface area contributed by atoms with Gasteiger partial charge in [0.1, 0.15) is 5.82 Å². The number of carbonyl (C=O) groups is 1. The van der Waals surface area contributed by atoms with Crippen molar-refractivity contribution in [2.75, 3.05) is 24.1 Å². The Hall–Kier alpha value is -2.40. The van der Waals surface area contributed by atoms with Gasteiger partial charge in [-0.3, -0.25) is 9.69 Å². The lowest BCUT2D eigenvalue weighted by Crippen LogP contribution is -2.19. The van der Waals surface area contributed by atoms with Crippen LogP contribution < -0.4 is 11.1 Å². The van der Waals surface area contributed by atoms with Crippen LogP contribution in [0, 0.1) is 0 Å². The van der Waals surface area contributed by atoms with E-state index in [1.54, 1.807) is 18.3 Å². The fourth-order valence-corrected chi connectivity index (χ4v) is 2.69. The Bertz CT molecular complexity index is 648. The number of benzene rings is 1. The van der Waals surface area contributed by atoms with Crippen LogP contribution in [0.5, 0.6) is 0 Å². The molecule has 3 rings (SSSR count). The molecule has 0 bridgehead atoms. The van der Waals surface area contributed by atoms with Crippen LogP contribution in [0.15, 0.2) is 42.6 Å². The van der Waals surface area contributed by atoms with Gasteiger partial charge in [-0.1, -0.05) is 12.1 Å². The van der Waals surface area contributed by atoms with Crippen molar-refractivity contribution in [3.05, 3.63) is 53.7 Å². The first-order chi connectivity index (χ1) is 10.7. The molecule has 0 spiro atoms. The van der Waals surface area contributed by atoms with Crippen LogP contribution in [0.25, 0.3) is 0 Å². The number of nitrogens with two attached hydrogens (primary N) is 1. The molecular weight excluding hydrogens is 276 g/mol. The van der Waals surface area contributed by atoms with Gasteiger partial charge in [0, 0.05) is 12.1 Å². The molecule has 1 aromatic heterocycles. The molecule has 1 aromatic carbocycles. The second kappa shape index (κ2) is 6.58. The minimum Gasteiger partial charge on any atom is -0.384 e. The van der Waals surface area contributed by atoms with Crippen molar-refractivity contribution < 1.29 is 4.79 Å². The second-order valence-electron chi connectivity index (χ2n) is 5.61. The summed E-state index contributed by atoms with van der Waals surface area (Å²) >= 11 is 0. The van der Waals surface area contributed by atoms with Crippen LogP contribution >= 0.6 is 0 Å². The monoisotopic (exact) mass is 296 g/mol. The van der Waals surface area contributed by atoms with Crippen molar-refractivity contribution in [1.29, 1.82) is 0 Å². The molecule has 5 nitrogen and oxygen atoms in total. The number of aromatic nitrogens is 1. The SMILES string of the molecule is Nc1ccc(NC(=O)c2cccc(CN3CCCC3)c2)cn1. The zero-order valence-electron chi connectivity index (χ0n) is 12.5. The van der Waals surface area contributed by atoms with Crippen LogP contribution in [-0.2, 0) is 6.54 Å². The Morgan fingerprint density at radius 2 is 2.05 bits per heavy atom. The number of hydrogen-bond acceptors (Lipinski definition) is 4. The number of likely N-dealkylation sites (tertiary alicyclic amines) is 1. The Kier molecular flexibility index (Phi) is 4.34. The number of carbonyl (C=O) groups excluding carboxylic acids is 1. The Balaban J connectivity index is 1.67. The first-order valence-corrected chi connectivity index (χ1v) is 7.55. The van der Waals surface area contributed by atoms with Gasteiger partial charge in [0.25, 0.3) is 5.91 Å². The van der Waals surface area contributed by atoms with Gasteiger partial charge in [-0.25, -0.2) is 4.98 Å². The summed E-state index contributed by atoms with van der Waals surface area (Å²) in [4.78, 5) is 18.7. The molecule has 1 saturated heterocycles. The van der Waals surface area contributed by atoms with Crippen LogP contribution in [0.2, 0.25) is 0 Å². The Labute approximate surface area is 130 Å². The molecule has 1 aliphatic rings. The lowest BCUT2D eigenvalue weighted by atomic mass is 10.1. The molecule has 0 unspecified atom stereocenters. The van der Waals surface area contributed by atoms with Crippen molar-refractivity contribution in [3.63, 3.8) is 0 Å². The highest BCUT2D eigenvalue weighted by atomic mass is 16.1. The van der Waals surface area contributed by atoms with E-state index in [-0.39, 0.29) is 5.91 Å². The normalized spacial score (nSPS) is 14.9. The van der Waals surface area contributed by atoms with E-state index in [2.05, 4.69) is 21.3 Å². The molecule has 2 aromatic rings. The lowest BCUT2D eigenvalue weighted by molar-refractivity contribution is 0.102. The fourth-order valence-electron chi connectivity index (χ4n) is 2.69. The van der Waals surface area contributed by atoms with Crippen molar-refractivity contribution in [3.8, 4) is 0 Å². The molecule has 3 N–H and O–H groups in total. The largest absolute Gasteiger partial charge is 0.384 e. The summed E-state index contributed by atoms with van der Waals surface area (Å²) in [7, 11) is 0. The number of rotatable bonds is 4. The average Bonchev–Trinajstić information content (AvgIpc) is 3.03. The fraction of sp³-hybridized carbons (Fsp3) is 0.294. The van der Waals surface area contributed by atoms with Gasteiger partial charge in [-0.05, 0) is 55.8 Å². The highest BCUT2D eigenvalue weighted by molar-refractivity contribution is 6.04. The van der Waals surface area contributed by atoms with Crippen molar-refractivity contribution in [2.24, 2.45) is 0 Å². The van der Waals surface area contributed by atoms with Gasteiger partial charge in [0.15, 0.2) is 0 Å². The number of nitrogens with one attached hydrogen (secondary N) is 1. The van der Waals surface area contributed by atoms with E-state index in [1.165, 1.54) is 18.4 Å². The number of nitrogen functional groups attached to an aromatic ring is 1. The Morgan fingerprint density at radius 3 is 2.77 bits per heavy atom. The zero-order valence-corrected chi connectivity index (χ0v) is 12.5. The van der Waals surface area contributed by atoms with Gasteiger partial charge in [-0.15, -0.1) is 0 Å². The molecule has 22 heavy (non-hydrogen) atoms. The molecule has 1 fully saturated rings. The molecular formula is C17H20N4O. The quantitative estimate of drug-likeness (QED) is 0.909. The molecule has 0 saturated carbocycles. The predicted molar refractivity (Wildman–Crippen MR) is 87.6 cm³/mol. The lowest BCUT2D eigenvalue weighted by Gasteiger charge is -2.15. The molecule has 114 valence electrons. The van der Waals surface area contributed by atoms with E-state index in [4.69, 9.17) is 5.73 Å². The minimum atomic E-state index is -0.130. The van der Waals surface area contributed by atoms with Crippen LogP contribution in [0.4, 0.5) is 11.5 Å². The van der Waals surface area contributed by atoms with Crippen molar-refractivity contribution in [2.45, 2.75) is 19.4 Å². The maximum atomic E-state index is 12.3. The predicted octanol–water partition coefficient (Wildman–Crippen LogP) is 2.51. The number of hydrogen-bond donors (Lipinski definition) is 2. The van der Waals surface area contributed by atoms with Gasteiger partial charge < -0.3 is 11.1 Å². The summed E-state index contributed by atoms with van der Waals surface area (Å²) in [5, 5.41) is 2.84. The minimum absolute atomic E-state index is 0.130. The molecule has 0 radical (unpaired) electrons. The summed E-state index contributed by atoms with van der Waals surface area (Å²) in [6.45, 7) is 3.20. The van der Waals surface area contributed by atoms with Crippen molar-refractivity contribution in [1.82, 2.24) is 9.88 Å². The maximum absolute atomic E-state index is 12.3. The van der Waals surface area contributed by atoms with Crippen molar-refractivity contribution >= 4 is 17.4 Å². The van der Waals surface area contributed by atoms with E-state index in [0.29, 0.717) is 17.1 Å². The third kappa shape index (κ3) is 3.62. The number of anilines is 2. The highest BCUT2D eigenvalue weighted by Gasteiger charge is 2.13. The van der Waals surface area contributed by atoms with Crippen LogP contribution in [-0.4, -0.2) is 28.9 Å². The summed E-state index contributed by atoms with van der Waals surface area (Å²) in [5.74, 6) is 0.306. The summed E-state index contributed by atoms with van der Waals surface area (Å²) < 4.78 is 0. The van der Waals surface area contributed by atoms with E-state index in [1.807, 2.05) is 18.2 Å². The molecule has 1 amide bonds. The van der Waals surface area contributed by atoms with Gasteiger partial charge in [-0.2, -0.15) is 0 Å².